The Bertz CT molecular complexity index is 1370. The van der Waals surface area contributed by atoms with Gasteiger partial charge in [0.1, 0.15) is 43.0 Å². The standard InChI is InChI=1S/C43H79N5O16/c1-42(2,3)63-40(54)34(44)12-14-37(51)47-35(41(55)64-43(4,5)6)13-15-36(50)45-17-22-58-28-30-62-32-38(52)46-18-23-59-27-29-61-31-33(49)11-10-19-48(7,8)20-24-60-26-25-57-21-16-39(53)56-9/h34-35H,10-32,44H2,1-9H3,(H2-,45,46,47,50,51,52)/p+1/t34-,35-/m0/s1. The van der Waals surface area contributed by atoms with Crippen LogP contribution in [0.15, 0.2) is 0 Å². The predicted octanol–water partition coefficient (Wildman–Crippen LogP) is 0.363. The second kappa shape index (κ2) is 34.5. The third kappa shape index (κ3) is 37.5. The van der Waals surface area contributed by atoms with Crippen molar-refractivity contribution in [2.75, 3.05) is 127 Å². The third-order valence-corrected chi connectivity index (χ3v) is 8.57. The molecular formula is C43H80N5O16+. The van der Waals surface area contributed by atoms with Crippen molar-refractivity contribution in [3.8, 4) is 0 Å². The summed E-state index contributed by atoms with van der Waals surface area (Å²) in [7, 11) is 5.50. The highest BCUT2D eigenvalue weighted by Crippen LogP contribution is 2.13. The molecule has 0 aromatic rings. The molecule has 0 aromatic heterocycles. The molecule has 0 aliphatic rings. The van der Waals surface area contributed by atoms with E-state index in [0.29, 0.717) is 37.3 Å². The predicted molar refractivity (Wildman–Crippen MR) is 234 cm³/mol. The summed E-state index contributed by atoms with van der Waals surface area (Å²) >= 11 is 0. The topological polar surface area (TPSA) is 265 Å². The molecule has 0 aliphatic carbocycles. The van der Waals surface area contributed by atoms with Gasteiger partial charge in [-0.1, -0.05) is 0 Å². The quantitative estimate of drug-likeness (QED) is 0.0282. The van der Waals surface area contributed by atoms with E-state index in [1.807, 2.05) is 0 Å². The number of carbonyl (C=O) groups excluding carboxylic acids is 7. The molecule has 5 N–H and O–H groups in total. The monoisotopic (exact) mass is 923 g/mol. The Morgan fingerprint density at radius 3 is 1.62 bits per heavy atom. The van der Waals surface area contributed by atoms with Gasteiger partial charge in [-0.3, -0.25) is 28.8 Å². The Hall–Kier alpha value is -3.83. The first-order valence-corrected chi connectivity index (χ1v) is 21.9. The molecule has 21 heteroatoms. The van der Waals surface area contributed by atoms with Crippen LogP contribution in [0.5, 0.6) is 0 Å². The molecule has 64 heavy (non-hydrogen) atoms. The van der Waals surface area contributed by atoms with Crippen LogP contribution in [0.3, 0.4) is 0 Å². The van der Waals surface area contributed by atoms with E-state index >= 15 is 0 Å². The SMILES string of the molecule is COC(=O)CCOCCOCC[N+](C)(C)CCCC(=O)COCCOCCNC(=O)COCCOCCNC(=O)CC[C@H](NC(=O)CC[C@H](N)C(=O)OC(C)(C)C)C(=O)OC(C)(C)C. The molecule has 0 heterocycles. The zero-order chi connectivity index (χ0) is 48.4. The van der Waals surface area contributed by atoms with Crippen molar-refractivity contribution in [3.05, 3.63) is 0 Å². The first kappa shape index (κ1) is 60.2. The van der Waals surface area contributed by atoms with Gasteiger partial charge in [-0.15, -0.1) is 0 Å². The highest BCUT2D eigenvalue weighted by atomic mass is 16.6. The second-order valence-corrected chi connectivity index (χ2v) is 17.5. The maximum Gasteiger partial charge on any atom is 0.329 e. The minimum absolute atomic E-state index is 0.00297. The number of nitrogens with two attached hydrogens (primary N) is 1. The van der Waals surface area contributed by atoms with E-state index in [4.69, 9.17) is 43.6 Å². The number of carbonyl (C=O) groups is 7. The Balaban J connectivity index is 3.99. The van der Waals surface area contributed by atoms with Gasteiger partial charge >= 0.3 is 17.9 Å². The number of methoxy groups -OCH3 is 1. The van der Waals surface area contributed by atoms with Gasteiger partial charge < -0.3 is 68.8 Å². The van der Waals surface area contributed by atoms with Crippen molar-refractivity contribution < 1.29 is 80.7 Å². The Morgan fingerprint density at radius 2 is 1.05 bits per heavy atom. The molecule has 3 amide bonds. The number of esters is 3. The van der Waals surface area contributed by atoms with Crippen molar-refractivity contribution in [2.24, 2.45) is 5.73 Å². The molecule has 0 saturated carbocycles. The van der Waals surface area contributed by atoms with Crippen molar-refractivity contribution in [3.63, 3.8) is 0 Å². The van der Waals surface area contributed by atoms with Crippen LogP contribution in [0.25, 0.3) is 0 Å². The lowest BCUT2D eigenvalue weighted by Crippen LogP contribution is -2.45. The highest BCUT2D eigenvalue weighted by molar-refractivity contribution is 5.86. The second-order valence-electron chi connectivity index (χ2n) is 17.5. The van der Waals surface area contributed by atoms with Gasteiger partial charge in [0.05, 0.1) is 100 Å². The van der Waals surface area contributed by atoms with Crippen LogP contribution in [0.1, 0.15) is 86.5 Å². The van der Waals surface area contributed by atoms with Crippen LogP contribution in [0.4, 0.5) is 0 Å². The van der Waals surface area contributed by atoms with Crippen molar-refractivity contribution in [1.29, 1.82) is 0 Å². The van der Waals surface area contributed by atoms with E-state index in [1.165, 1.54) is 7.11 Å². The largest absolute Gasteiger partial charge is 0.469 e. The number of likely N-dealkylation sites (N-methyl/N-ethyl adjacent to an activating group) is 1. The average molecular weight is 923 g/mol. The smallest absolute Gasteiger partial charge is 0.329 e. The molecule has 0 aliphatic heterocycles. The van der Waals surface area contributed by atoms with E-state index in [-0.39, 0.29) is 122 Å². The summed E-state index contributed by atoms with van der Waals surface area (Å²) in [4.78, 5) is 85.3. The van der Waals surface area contributed by atoms with E-state index in [0.717, 1.165) is 19.5 Å². The number of hydrogen-bond acceptors (Lipinski definition) is 17. The van der Waals surface area contributed by atoms with Gasteiger partial charge in [-0.05, 0) is 54.4 Å². The van der Waals surface area contributed by atoms with E-state index < -0.39 is 41.1 Å². The molecule has 0 rings (SSSR count). The van der Waals surface area contributed by atoms with Gasteiger partial charge in [0.25, 0.3) is 0 Å². The van der Waals surface area contributed by atoms with E-state index in [1.54, 1.807) is 41.5 Å². The Labute approximate surface area is 379 Å². The summed E-state index contributed by atoms with van der Waals surface area (Å²) in [5, 5.41) is 7.95. The van der Waals surface area contributed by atoms with E-state index in [2.05, 4.69) is 34.8 Å². The number of ketones is 1. The zero-order valence-electron chi connectivity index (χ0n) is 40.0. The molecule has 0 fully saturated rings. The van der Waals surface area contributed by atoms with Gasteiger partial charge in [-0.25, -0.2) is 4.79 Å². The molecule has 0 aromatic carbocycles. The zero-order valence-corrected chi connectivity index (χ0v) is 40.0. The molecule has 0 bridgehead atoms. The lowest BCUT2D eigenvalue weighted by Gasteiger charge is -2.29. The molecule has 0 spiro atoms. The van der Waals surface area contributed by atoms with Crippen LogP contribution in [0, 0.1) is 0 Å². The van der Waals surface area contributed by atoms with Crippen molar-refractivity contribution >= 4 is 41.4 Å². The molecule has 2 atom stereocenters. The fraction of sp³-hybridized carbons (Fsp3) is 0.837. The first-order chi connectivity index (χ1) is 30.0. The number of nitrogens with one attached hydrogen (secondary N) is 3. The molecule has 0 saturated heterocycles. The summed E-state index contributed by atoms with van der Waals surface area (Å²) < 4.78 is 48.5. The first-order valence-electron chi connectivity index (χ1n) is 21.9. The van der Waals surface area contributed by atoms with Gasteiger partial charge in [-0.2, -0.15) is 0 Å². The summed E-state index contributed by atoms with van der Waals surface area (Å²) in [6.07, 6.45) is 1.12. The summed E-state index contributed by atoms with van der Waals surface area (Å²) in [5.74, 6) is -2.84. The molecule has 372 valence electrons. The average Bonchev–Trinajstić information content (AvgIpc) is 3.19. The minimum atomic E-state index is -1.10. The fourth-order valence-electron chi connectivity index (χ4n) is 5.18. The number of amides is 3. The molecule has 21 nitrogen and oxygen atoms in total. The number of Topliss-reactive ketones (excluding diaryl/α,β-unsaturated/α-hetero) is 1. The number of hydrogen-bond donors (Lipinski definition) is 4. The van der Waals surface area contributed by atoms with E-state index in [9.17, 15) is 33.6 Å². The third-order valence-electron chi connectivity index (χ3n) is 8.57. The molecule has 0 unspecified atom stereocenters. The van der Waals surface area contributed by atoms with Crippen LogP contribution in [0.2, 0.25) is 0 Å². The van der Waals surface area contributed by atoms with Crippen molar-refractivity contribution in [2.45, 2.75) is 110 Å². The number of nitrogens with zero attached hydrogens (tertiary/aromatic N) is 1. The maximum atomic E-state index is 12.8. The van der Waals surface area contributed by atoms with Gasteiger partial charge in [0.15, 0.2) is 5.78 Å². The van der Waals surface area contributed by atoms with Gasteiger partial charge in [0, 0.05) is 38.8 Å². The number of ether oxygens (including phenoxy) is 9. The Kier molecular flexibility index (Phi) is 32.4. The Morgan fingerprint density at radius 1 is 0.547 bits per heavy atom. The number of quaternary nitrogens is 1. The van der Waals surface area contributed by atoms with Gasteiger partial charge in [0.2, 0.25) is 17.7 Å². The summed E-state index contributed by atoms with van der Waals surface area (Å²) in [6.45, 7) is 15.1. The van der Waals surface area contributed by atoms with Crippen LogP contribution < -0.4 is 21.7 Å². The van der Waals surface area contributed by atoms with Crippen molar-refractivity contribution in [1.82, 2.24) is 16.0 Å². The normalized spacial score (nSPS) is 12.8. The summed E-state index contributed by atoms with van der Waals surface area (Å²) in [6, 6.07) is -2.11. The minimum Gasteiger partial charge on any atom is -0.469 e. The summed E-state index contributed by atoms with van der Waals surface area (Å²) in [5.41, 5.74) is 4.32. The van der Waals surface area contributed by atoms with Crippen LogP contribution in [-0.4, -0.2) is 196 Å². The highest BCUT2D eigenvalue weighted by Gasteiger charge is 2.28. The number of rotatable bonds is 38. The maximum absolute atomic E-state index is 12.8. The molecule has 0 radical (unpaired) electrons. The van der Waals surface area contributed by atoms with Crippen LogP contribution in [-0.2, 0) is 76.2 Å². The lowest BCUT2D eigenvalue weighted by atomic mass is 10.1. The molecular weight excluding hydrogens is 842 g/mol. The lowest BCUT2D eigenvalue weighted by molar-refractivity contribution is -0.890. The fourth-order valence-corrected chi connectivity index (χ4v) is 5.18. The van der Waals surface area contributed by atoms with Crippen LogP contribution >= 0.6 is 0 Å².